The van der Waals surface area contributed by atoms with Crippen LogP contribution in [-0.4, -0.2) is 33.7 Å². The lowest BCUT2D eigenvalue weighted by Crippen LogP contribution is -2.67. The highest BCUT2D eigenvalue weighted by Crippen LogP contribution is 2.46. The Morgan fingerprint density at radius 2 is 2.00 bits per heavy atom. The molecule has 0 aromatic heterocycles. The molecule has 0 spiro atoms. The topological polar surface area (TPSA) is 49.4 Å². The number of carbonyl (C=O) groups is 1. The van der Waals surface area contributed by atoms with Gasteiger partial charge in [0.1, 0.15) is 6.04 Å². The van der Waals surface area contributed by atoms with Crippen LogP contribution in [0.15, 0.2) is 59.7 Å². The Labute approximate surface area is 179 Å². The number of hydrogen-bond donors (Lipinski definition) is 0. The molecule has 0 saturated heterocycles. The van der Waals surface area contributed by atoms with Crippen LogP contribution >= 0.6 is 15.9 Å². The van der Waals surface area contributed by atoms with E-state index >= 15 is 0 Å². The van der Waals surface area contributed by atoms with Crippen LogP contribution < -0.4 is 8.63 Å². The van der Waals surface area contributed by atoms with Gasteiger partial charge in [-0.25, -0.2) is 4.79 Å². The zero-order valence-electron chi connectivity index (χ0n) is 16.6. The molecule has 3 atom stereocenters. The van der Waals surface area contributed by atoms with E-state index in [0.29, 0.717) is 23.6 Å². The molecule has 6 heteroatoms. The molecule has 1 amide bonds. The van der Waals surface area contributed by atoms with Crippen LogP contribution in [0.1, 0.15) is 33.6 Å². The molecule has 1 heterocycles. The van der Waals surface area contributed by atoms with Gasteiger partial charge in [0, 0.05) is 17.0 Å². The van der Waals surface area contributed by atoms with Crippen molar-refractivity contribution in [2.45, 2.75) is 44.9 Å². The summed E-state index contributed by atoms with van der Waals surface area (Å²) < 4.78 is 19.7. The highest BCUT2D eigenvalue weighted by molar-refractivity contribution is 9.09. The number of unbranched alkanes of at least 4 members (excludes halogenated alkanes) is 1. The zero-order chi connectivity index (χ0) is 20.3. The summed E-state index contributed by atoms with van der Waals surface area (Å²) in [6.45, 7) is 6.32. The van der Waals surface area contributed by atoms with Crippen molar-refractivity contribution in [1.29, 1.82) is 0 Å². The number of ether oxygens (including phenoxy) is 1. The number of halogens is 1. The number of allylic oxidation sites excluding steroid dienone is 3. The lowest BCUT2D eigenvalue weighted by atomic mass is 9.99. The Morgan fingerprint density at radius 1 is 1.25 bits per heavy atom. The number of alkyl halides is 1. The lowest BCUT2D eigenvalue weighted by molar-refractivity contribution is -0.123. The van der Waals surface area contributed by atoms with Gasteiger partial charge < -0.3 is 9.29 Å². The van der Waals surface area contributed by atoms with Gasteiger partial charge in [0.2, 0.25) is 10.9 Å². The van der Waals surface area contributed by atoms with E-state index in [1.165, 1.54) is 0 Å². The standard InChI is InChI=1S/C22H27BrNO3S/c1-16(2)24(19-11-5-6-12-20(19)27-15-9-8-14-23)22(25)17(3)18-10-4-7-13-21(18)28(24)26/h4-7,10-13,16,21H,8-9,14-15H2,1-3H3/q+1. The largest absolute Gasteiger partial charge is 0.565 e. The number of fused-ring (bicyclic) bond motifs is 1. The third-order valence-corrected chi connectivity index (χ3v) is 8.03. The van der Waals surface area contributed by atoms with E-state index in [-0.39, 0.29) is 21.1 Å². The molecule has 1 aliphatic carbocycles. The Morgan fingerprint density at radius 3 is 2.71 bits per heavy atom. The van der Waals surface area contributed by atoms with E-state index in [0.717, 1.165) is 23.7 Å². The van der Waals surface area contributed by atoms with Crippen molar-refractivity contribution in [3.8, 4) is 5.75 Å². The van der Waals surface area contributed by atoms with Crippen LogP contribution in [0, 0.1) is 0 Å². The minimum atomic E-state index is -1.50. The Kier molecular flexibility index (Phi) is 6.86. The Balaban J connectivity index is 2.11. The summed E-state index contributed by atoms with van der Waals surface area (Å²) in [4.78, 5) is 13.7. The van der Waals surface area contributed by atoms with Crippen molar-refractivity contribution in [2.75, 3.05) is 11.9 Å². The summed E-state index contributed by atoms with van der Waals surface area (Å²) in [5.41, 5.74) is 2.21. The van der Waals surface area contributed by atoms with Crippen molar-refractivity contribution < 1.29 is 14.1 Å². The fourth-order valence-electron chi connectivity index (χ4n) is 3.83. The summed E-state index contributed by atoms with van der Waals surface area (Å²) in [5, 5.41) is 0.632. The molecule has 0 saturated carbocycles. The highest BCUT2D eigenvalue weighted by atomic mass is 79.9. The smallest absolute Gasteiger partial charge is 0.390 e. The van der Waals surface area contributed by atoms with Gasteiger partial charge in [0.15, 0.2) is 17.1 Å². The van der Waals surface area contributed by atoms with E-state index in [4.69, 9.17) is 4.74 Å². The predicted octanol–water partition coefficient (Wildman–Crippen LogP) is 4.97. The molecule has 0 radical (unpaired) electrons. The maximum absolute atomic E-state index is 13.9. The minimum Gasteiger partial charge on any atom is -0.565 e. The molecule has 0 fully saturated rings. The number of amides is 1. The van der Waals surface area contributed by atoms with Crippen LogP contribution in [0.3, 0.4) is 0 Å². The summed E-state index contributed by atoms with van der Waals surface area (Å²) >= 11 is 1.93. The van der Waals surface area contributed by atoms with Crippen LogP contribution in [0.2, 0.25) is 0 Å². The molecule has 3 unspecified atom stereocenters. The first-order valence-electron chi connectivity index (χ1n) is 9.65. The lowest BCUT2D eigenvalue weighted by Gasteiger charge is -2.43. The third kappa shape index (κ3) is 3.52. The second kappa shape index (κ2) is 8.99. The summed E-state index contributed by atoms with van der Waals surface area (Å²) in [5.74, 6) is 0.523. The number of carbonyl (C=O) groups excluding carboxylic acids is 1. The van der Waals surface area contributed by atoms with Gasteiger partial charge in [-0.15, -0.1) is 0 Å². The van der Waals surface area contributed by atoms with Crippen molar-refractivity contribution in [1.82, 2.24) is 3.89 Å². The first-order valence-corrected chi connectivity index (χ1v) is 11.9. The van der Waals surface area contributed by atoms with Crippen molar-refractivity contribution in [3.05, 3.63) is 59.7 Å². The number of benzene rings is 1. The molecular weight excluding hydrogens is 438 g/mol. The first kappa shape index (κ1) is 21.4. The molecule has 150 valence electrons. The van der Waals surface area contributed by atoms with Gasteiger partial charge in [-0.1, -0.05) is 46.3 Å². The normalized spacial score (nSPS) is 26.7. The van der Waals surface area contributed by atoms with E-state index < -0.39 is 11.4 Å². The molecule has 3 rings (SSSR count). The monoisotopic (exact) mass is 464 g/mol. The SMILES string of the molecule is CC1=C2C=CC=CC2[S+]([O-])[N+](c2ccccc2OCCCCBr)(C(C)C)C1=O. The van der Waals surface area contributed by atoms with Gasteiger partial charge in [-0.2, -0.15) is 0 Å². The average Bonchev–Trinajstić information content (AvgIpc) is 2.71. The number of rotatable bonds is 7. The quantitative estimate of drug-likeness (QED) is 0.247. The molecule has 0 bridgehead atoms. The summed E-state index contributed by atoms with van der Waals surface area (Å²) in [6.07, 6.45) is 9.59. The zero-order valence-corrected chi connectivity index (χ0v) is 19.0. The Bertz CT molecular complexity index is 833. The van der Waals surface area contributed by atoms with E-state index in [1.54, 1.807) is 0 Å². The van der Waals surface area contributed by atoms with Gasteiger partial charge in [0.25, 0.3) is 0 Å². The van der Waals surface area contributed by atoms with Crippen molar-refractivity contribution in [3.63, 3.8) is 0 Å². The number of hydrogen-bond acceptors (Lipinski definition) is 3. The first-order chi connectivity index (χ1) is 13.5. The van der Waals surface area contributed by atoms with Gasteiger partial charge in [0.05, 0.1) is 12.2 Å². The van der Waals surface area contributed by atoms with Crippen LogP contribution in [0.4, 0.5) is 5.69 Å². The molecular formula is C22H27BrNO3S+. The average molecular weight is 465 g/mol. The molecule has 1 aromatic rings. The summed E-state index contributed by atoms with van der Waals surface area (Å²) in [7, 11) is 0. The molecule has 1 aliphatic heterocycles. The second-order valence-electron chi connectivity index (χ2n) is 7.29. The van der Waals surface area contributed by atoms with Crippen LogP contribution in [0.25, 0.3) is 0 Å². The fourth-order valence-corrected chi connectivity index (χ4v) is 6.34. The van der Waals surface area contributed by atoms with E-state index in [2.05, 4.69) is 15.9 Å². The molecule has 2 aliphatic rings. The second-order valence-corrected chi connectivity index (χ2v) is 9.72. The number of quaternary nitrogens is 1. The van der Waals surface area contributed by atoms with Crippen LogP contribution in [0.5, 0.6) is 5.75 Å². The Hall–Kier alpha value is -1.34. The maximum atomic E-state index is 13.9. The highest BCUT2D eigenvalue weighted by Gasteiger charge is 2.62. The molecule has 1 aromatic carbocycles. The van der Waals surface area contributed by atoms with Crippen molar-refractivity contribution in [2.24, 2.45) is 0 Å². The van der Waals surface area contributed by atoms with E-state index in [1.807, 2.05) is 69.3 Å². The molecule has 0 N–H and O–H groups in total. The molecule has 28 heavy (non-hydrogen) atoms. The predicted molar refractivity (Wildman–Crippen MR) is 120 cm³/mol. The number of nitrogens with zero attached hydrogens (tertiary/aromatic N) is 1. The third-order valence-electron chi connectivity index (χ3n) is 5.27. The number of para-hydroxylation sites is 2. The van der Waals surface area contributed by atoms with Crippen molar-refractivity contribution >= 4 is 38.9 Å². The fraction of sp³-hybridized carbons (Fsp3) is 0.409. The van der Waals surface area contributed by atoms with E-state index in [9.17, 15) is 9.35 Å². The molecule has 4 nitrogen and oxygen atoms in total. The van der Waals surface area contributed by atoms with Gasteiger partial charge in [-0.3, -0.25) is 0 Å². The van der Waals surface area contributed by atoms with Gasteiger partial charge >= 0.3 is 5.91 Å². The summed E-state index contributed by atoms with van der Waals surface area (Å²) in [6, 6.07) is 7.35. The van der Waals surface area contributed by atoms with Gasteiger partial charge in [-0.05, 0) is 49.6 Å². The minimum absolute atomic E-state index is 0.115. The maximum Gasteiger partial charge on any atom is 0.390 e. The van der Waals surface area contributed by atoms with Crippen LogP contribution in [-0.2, 0) is 16.2 Å².